The van der Waals surface area contributed by atoms with Crippen molar-refractivity contribution in [1.82, 2.24) is 15.2 Å². The van der Waals surface area contributed by atoms with E-state index in [2.05, 4.69) is 29.0 Å². The van der Waals surface area contributed by atoms with E-state index in [1.807, 2.05) is 21.0 Å². The van der Waals surface area contributed by atoms with Crippen molar-refractivity contribution in [2.24, 2.45) is 11.1 Å². The highest BCUT2D eigenvalue weighted by molar-refractivity contribution is 7.09. The van der Waals surface area contributed by atoms with Gasteiger partial charge in [-0.25, -0.2) is 4.98 Å². The zero-order valence-corrected chi connectivity index (χ0v) is 13.2. The molecule has 0 bridgehead atoms. The second-order valence-corrected chi connectivity index (χ2v) is 6.69. The summed E-state index contributed by atoms with van der Waals surface area (Å²) in [4.78, 5) is 18.4. The number of nitrogens with zero attached hydrogens (tertiary/aromatic N) is 2. The first-order chi connectivity index (χ1) is 8.76. The molecule has 0 spiro atoms. The number of carbonyl (C=O) groups excluding carboxylic acids is 1. The van der Waals surface area contributed by atoms with E-state index in [0.717, 1.165) is 11.6 Å². The van der Waals surface area contributed by atoms with Gasteiger partial charge in [0.1, 0.15) is 10.7 Å². The Kier molecular flexibility index (Phi) is 5.46. The van der Waals surface area contributed by atoms with Crippen LogP contribution in [0.25, 0.3) is 0 Å². The standard InChI is InChI=1S/C13H24N4OS/c1-9(13(2,3)8-17(4)5)15-12(18)10-7-19-11(6-14)16-10/h7,9H,6,8,14H2,1-5H3,(H,15,18). The van der Waals surface area contributed by atoms with Gasteiger partial charge in [0.05, 0.1) is 0 Å². The predicted octanol–water partition coefficient (Wildman–Crippen LogP) is 1.31. The van der Waals surface area contributed by atoms with Crippen LogP contribution < -0.4 is 11.1 Å². The molecule has 0 aromatic carbocycles. The fraction of sp³-hybridized carbons (Fsp3) is 0.692. The fourth-order valence-corrected chi connectivity index (χ4v) is 2.58. The Morgan fingerprint density at radius 2 is 2.21 bits per heavy atom. The average Bonchev–Trinajstić information content (AvgIpc) is 2.75. The van der Waals surface area contributed by atoms with E-state index in [-0.39, 0.29) is 17.4 Å². The molecule has 1 aromatic heterocycles. The summed E-state index contributed by atoms with van der Waals surface area (Å²) in [6.45, 7) is 7.59. The molecule has 0 aliphatic carbocycles. The quantitative estimate of drug-likeness (QED) is 0.826. The van der Waals surface area contributed by atoms with E-state index < -0.39 is 0 Å². The maximum absolute atomic E-state index is 12.1. The second-order valence-electron chi connectivity index (χ2n) is 5.75. The lowest BCUT2D eigenvalue weighted by Gasteiger charge is -2.34. The van der Waals surface area contributed by atoms with Gasteiger partial charge in [-0.3, -0.25) is 4.79 Å². The van der Waals surface area contributed by atoms with Crippen LogP contribution in [0.4, 0.5) is 0 Å². The number of nitrogens with two attached hydrogens (primary N) is 1. The van der Waals surface area contributed by atoms with Crippen LogP contribution in [0.2, 0.25) is 0 Å². The predicted molar refractivity (Wildman–Crippen MR) is 79.3 cm³/mol. The van der Waals surface area contributed by atoms with E-state index in [4.69, 9.17) is 5.73 Å². The molecule has 0 fully saturated rings. The summed E-state index contributed by atoms with van der Waals surface area (Å²) in [5.41, 5.74) is 5.95. The summed E-state index contributed by atoms with van der Waals surface area (Å²) in [6.07, 6.45) is 0. The van der Waals surface area contributed by atoms with Gasteiger partial charge in [0, 0.05) is 24.5 Å². The van der Waals surface area contributed by atoms with Gasteiger partial charge in [-0.15, -0.1) is 11.3 Å². The van der Waals surface area contributed by atoms with Gasteiger partial charge in [0.25, 0.3) is 5.91 Å². The van der Waals surface area contributed by atoms with Crippen molar-refractivity contribution in [1.29, 1.82) is 0 Å². The molecule has 6 heteroatoms. The molecule has 0 aliphatic heterocycles. The van der Waals surface area contributed by atoms with Crippen molar-refractivity contribution < 1.29 is 4.79 Å². The molecule has 1 rings (SSSR count). The monoisotopic (exact) mass is 284 g/mol. The first-order valence-electron chi connectivity index (χ1n) is 6.36. The van der Waals surface area contributed by atoms with E-state index in [0.29, 0.717) is 12.2 Å². The first-order valence-corrected chi connectivity index (χ1v) is 7.24. The number of amides is 1. The van der Waals surface area contributed by atoms with E-state index in [9.17, 15) is 4.79 Å². The van der Waals surface area contributed by atoms with Crippen molar-refractivity contribution in [3.63, 3.8) is 0 Å². The Bertz CT molecular complexity index is 428. The molecule has 0 saturated carbocycles. The number of hydrogen-bond donors (Lipinski definition) is 2. The molecule has 1 amide bonds. The maximum Gasteiger partial charge on any atom is 0.270 e. The lowest BCUT2D eigenvalue weighted by molar-refractivity contribution is 0.0881. The van der Waals surface area contributed by atoms with E-state index >= 15 is 0 Å². The SMILES string of the molecule is CC(NC(=O)c1csc(CN)n1)C(C)(C)CN(C)C. The molecular weight excluding hydrogens is 260 g/mol. The number of hydrogen-bond acceptors (Lipinski definition) is 5. The van der Waals surface area contributed by atoms with E-state index in [1.165, 1.54) is 11.3 Å². The number of nitrogens with one attached hydrogen (secondary N) is 1. The summed E-state index contributed by atoms with van der Waals surface area (Å²) in [6, 6.07) is 0.0606. The largest absolute Gasteiger partial charge is 0.348 e. The Morgan fingerprint density at radius 3 is 2.68 bits per heavy atom. The Hall–Kier alpha value is -0.980. The lowest BCUT2D eigenvalue weighted by Crippen LogP contribution is -2.47. The van der Waals surface area contributed by atoms with Gasteiger partial charge in [-0.05, 0) is 26.4 Å². The normalized spacial score (nSPS) is 13.6. The second kappa shape index (κ2) is 6.45. The maximum atomic E-state index is 12.1. The van der Waals surface area contributed by atoms with Crippen molar-refractivity contribution in [3.05, 3.63) is 16.1 Å². The number of carbonyl (C=O) groups is 1. The van der Waals surface area contributed by atoms with Crippen LogP contribution in [0.15, 0.2) is 5.38 Å². The molecular formula is C13H24N4OS. The summed E-state index contributed by atoms with van der Waals surface area (Å²) >= 11 is 1.42. The highest BCUT2D eigenvalue weighted by Crippen LogP contribution is 2.21. The fourth-order valence-electron chi connectivity index (χ4n) is 1.93. The number of thiazole rings is 1. The third-order valence-electron chi connectivity index (χ3n) is 3.20. The molecule has 3 N–H and O–H groups in total. The molecule has 1 atom stereocenters. The third-order valence-corrected chi connectivity index (χ3v) is 4.07. The summed E-state index contributed by atoms with van der Waals surface area (Å²) in [5, 5.41) is 5.55. The van der Waals surface area contributed by atoms with Gasteiger partial charge in [0.2, 0.25) is 0 Å². The highest BCUT2D eigenvalue weighted by Gasteiger charge is 2.28. The number of rotatable bonds is 6. The van der Waals surface area contributed by atoms with Crippen molar-refractivity contribution in [2.45, 2.75) is 33.4 Å². The zero-order chi connectivity index (χ0) is 14.6. The topological polar surface area (TPSA) is 71.2 Å². The van der Waals surface area contributed by atoms with Crippen LogP contribution in [0.1, 0.15) is 36.3 Å². The minimum absolute atomic E-state index is 0.00806. The van der Waals surface area contributed by atoms with Crippen LogP contribution in [-0.2, 0) is 6.54 Å². The molecule has 108 valence electrons. The molecule has 1 aromatic rings. The average molecular weight is 284 g/mol. The molecule has 0 radical (unpaired) electrons. The molecule has 1 heterocycles. The highest BCUT2D eigenvalue weighted by atomic mass is 32.1. The van der Waals surface area contributed by atoms with Gasteiger partial charge in [-0.2, -0.15) is 0 Å². The van der Waals surface area contributed by atoms with Crippen LogP contribution in [0, 0.1) is 5.41 Å². The molecule has 19 heavy (non-hydrogen) atoms. The smallest absolute Gasteiger partial charge is 0.270 e. The Morgan fingerprint density at radius 1 is 1.58 bits per heavy atom. The van der Waals surface area contributed by atoms with E-state index in [1.54, 1.807) is 5.38 Å². The van der Waals surface area contributed by atoms with Crippen molar-refractivity contribution >= 4 is 17.2 Å². The minimum atomic E-state index is -0.129. The first kappa shape index (κ1) is 16.1. The van der Waals surface area contributed by atoms with Crippen molar-refractivity contribution in [3.8, 4) is 0 Å². The zero-order valence-electron chi connectivity index (χ0n) is 12.4. The lowest BCUT2D eigenvalue weighted by atomic mass is 9.85. The molecule has 0 saturated heterocycles. The molecule has 5 nitrogen and oxygen atoms in total. The molecule has 1 unspecified atom stereocenters. The Labute approximate surface area is 119 Å². The van der Waals surface area contributed by atoms with Crippen LogP contribution >= 0.6 is 11.3 Å². The van der Waals surface area contributed by atoms with Crippen molar-refractivity contribution in [2.75, 3.05) is 20.6 Å². The van der Waals surface area contributed by atoms with Gasteiger partial charge < -0.3 is 16.0 Å². The minimum Gasteiger partial charge on any atom is -0.348 e. The summed E-state index contributed by atoms with van der Waals surface area (Å²) in [7, 11) is 4.06. The van der Waals surface area contributed by atoms with Gasteiger partial charge in [-0.1, -0.05) is 13.8 Å². The number of aromatic nitrogens is 1. The van der Waals surface area contributed by atoms with Crippen LogP contribution in [0.5, 0.6) is 0 Å². The third kappa shape index (κ3) is 4.56. The summed E-state index contributed by atoms with van der Waals surface area (Å²) < 4.78 is 0. The molecule has 0 aliphatic rings. The van der Waals surface area contributed by atoms with Gasteiger partial charge >= 0.3 is 0 Å². The summed E-state index contributed by atoms with van der Waals surface area (Å²) in [5.74, 6) is -0.129. The Balaban J connectivity index is 2.65. The van der Waals surface area contributed by atoms with Crippen LogP contribution in [-0.4, -0.2) is 42.5 Å². The van der Waals surface area contributed by atoms with Gasteiger partial charge in [0.15, 0.2) is 0 Å². The van der Waals surface area contributed by atoms with Crippen LogP contribution in [0.3, 0.4) is 0 Å².